The van der Waals surface area contributed by atoms with E-state index in [-0.39, 0.29) is 11.5 Å². The molecular weight excluding hydrogens is 256 g/mol. The molecule has 2 aromatic rings. The second-order valence-corrected chi connectivity index (χ2v) is 5.15. The molecule has 20 heavy (non-hydrogen) atoms. The van der Waals surface area contributed by atoms with Crippen molar-refractivity contribution in [2.45, 2.75) is 32.2 Å². The average Bonchev–Trinajstić information content (AvgIpc) is 2.96. The fraction of sp³-hybridized carbons (Fsp3) is 0.500. The van der Waals surface area contributed by atoms with Gasteiger partial charge in [-0.1, -0.05) is 0 Å². The smallest absolute Gasteiger partial charge is 0.276 e. The van der Waals surface area contributed by atoms with Gasteiger partial charge in [-0.15, -0.1) is 0 Å². The highest BCUT2D eigenvalue weighted by molar-refractivity contribution is 5.76. The molecule has 6 heteroatoms. The van der Waals surface area contributed by atoms with Crippen LogP contribution in [0.3, 0.4) is 0 Å². The molecule has 1 aliphatic heterocycles. The first-order valence-corrected chi connectivity index (χ1v) is 7.06. The summed E-state index contributed by atoms with van der Waals surface area (Å²) in [6.45, 7) is 2.14. The average molecular weight is 274 g/mol. The molecule has 1 aliphatic rings. The summed E-state index contributed by atoms with van der Waals surface area (Å²) in [6.07, 6.45) is 8.79. The van der Waals surface area contributed by atoms with Gasteiger partial charge >= 0.3 is 0 Å². The van der Waals surface area contributed by atoms with E-state index in [1.165, 1.54) is 6.42 Å². The normalized spacial score (nSPS) is 15.7. The van der Waals surface area contributed by atoms with Crippen LogP contribution in [0.1, 0.15) is 25.7 Å². The van der Waals surface area contributed by atoms with Crippen LogP contribution in [-0.4, -0.2) is 38.1 Å². The van der Waals surface area contributed by atoms with Gasteiger partial charge in [0.05, 0.1) is 6.20 Å². The van der Waals surface area contributed by atoms with Crippen LogP contribution < -0.4 is 5.56 Å². The fourth-order valence-corrected chi connectivity index (χ4v) is 2.65. The summed E-state index contributed by atoms with van der Waals surface area (Å²) in [6, 6.07) is 1.69. The zero-order chi connectivity index (χ0) is 13.9. The second kappa shape index (κ2) is 5.48. The van der Waals surface area contributed by atoms with Gasteiger partial charge < -0.3 is 9.47 Å². The number of carbonyl (C=O) groups excluding carboxylic acids is 1. The maximum atomic E-state index is 12.2. The van der Waals surface area contributed by atoms with Crippen molar-refractivity contribution in [1.29, 1.82) is 0 Å². The third-order valence-corrected chi connectivity index (χ3v) is 3.81. The fourth-order valence-electron chi connectivity index (χ4n) is 2.65. The molecule has 0 saturated carbocycles. The summed E-state index contributed by atoms with van der Waals surface area (Å²) >= 11 is 0. The highest BCUT2D eigenvalue weighted by Crippen LogP contribution is 2.10. The van der Waals surface area contributed by atoms with Gasteiger partial charge in [0.1, 0.15) is 5.52 Å². The zero-order valence-corrected chi connectivity index (χ0v) is 11.4. The Morgan fingerprint density at radius 1 is 1.20 bits per heavy atom. The number of nitrogens with zero attached hydrogens (tertiary/aromatic N) is 4. The molecule has 1 amide bonds. The van der Waals surface area contributed by atoms with Gasteiger partial charge in [0, 0.05) is 38.4 Å². The first-order chi connectivity index (χ1) is 9.75. The summed E-state index contributed by atoms with van der Waals surface area (Å²) < 4.78 is 3.13. The van der Waals surface area contributed by atoms with Crippen LogP contribution in [0.4, 0.5) is 0 Å². The van der Waals surface area contributed by atoms with E-state index in [9.17, 15) is 9.59 Å². The Morgan fingerprint density at radius 2 is 2.00 bits per heavy atom. The number of amides is 1. The van der Waals surface area contributed by atoms with E-state index in [0.29, 0.717) is 18.5 Å². The zero-order valence-electron chi connectivity index (χ0n) is 11.4. The van der Waals surface area contributed by atoms with Crippen molar-refractivity contribution in [3.63, 3.8) is 0 Å². The third-order valence-electron chi connectivity index (χ3n) is 3.81. The van der Waals surface area contributed by atoms with Gasteiger partial charge in [-0.25, -0.2) is 4.52 Å². The van der Waals surface area contributed by atoms with Crippen LogP contribution in [-0.2, 0) is 11.3 Å². The van der Waals surface area contributed by atoms with E-state index < -0.39 is 0 Å². The minimum absolute atomic E-state index is 0.101. The Balaban J connectivity index is 1.68. The number of likely N-dealkylation sites (tertiary alicyclic amines) is 1. The molecule has 3 rings (SSSR count). The summed E-state index contributed by atoms with van der Waals surface area (Å²) in [5.74, 6) is 0.144. The molecule has 0 spiro atoms. The lowest BCUT2D eigenvalue weighted by Gasteiger charge is -2.26. The molecule has 2 aromatic heterocycles. The lowest BCUT2D eigenvalue weighted by molar-refractivity contribution is -0.132. The Labute approximate surface area is 116 Å². The van der Waals surface area contributed by atoms with Crippen molar-refractivity contribution in [3.8, 4) is 0 Å². The summed E-state index contributed by atoms with van der Waals surface area (Å²) in [4.78, 5) is 26.2. The minimum Gasteiger partial charge on any atom is -0.343 e. The SMILES string of the molecule is O=C(CCn1ccn2nccc2c1=O)N1CCCCC1. The van der Waals surface area contributed by atoms with E-state index in [1.807, 2.05) is 4.90 Å². The van der Waals surface area contributed by atoms with Gasteiger partial charge in [0.2, 0.25) is 5.91 Å². The van der Waals surface area contributed by atoms with E-state index >= 15 is 0 Å². The standard InChI is InChI=1S/C14H18N4O2/c19-13(16-7-2-1-3-8-16)5-9-17-10-11-18-12(14(17)20)4-6-15-18/h4,6,10-11H,1-3,5,7-9H2. The predicted octanol–water partition coefficient (Wildman–Crippen LogP) is 0.899. The van der Waals surface area contributed by atoms with Gasteiger partial charge in [0.15, 0.2) is 0 Å². The highest BCUT2D eigenvalue weighted by Gasteiger charge is 2.16. The Hall–Kier alpha value is -2.11. The van der Waals surface area contributed by atoms with Crippen LogP contribution in [0.25, 0.3) is 5.52 Å². The van der Waals surface area contributed by atoms with E-state index in [2.05, 4.69) is 5.10 Å². The van der Waals surface area contributed by atoms with Crippen molar-refractivity contribution in [1.82, 2.24) is 19.1 Å². The van der Waals surface area contributed by atoms with E-state index in [0.717, 1.165) is 25.9 Å². The quantitative estimate of drug-likeness (QED) is 0.835. The Morgan fingerprint density at radius 3 is 2.80 bits per heavy atom. The predicted molar refractivity (Wildman–Crippen MR) is 74.5 cm³/mol. The Kier molecular flexibility index (Phi) is 3.54. The first-order valence-electron chi connectivity index (χ1n) is 7.06. The first kappa shape index (κ1) is 12.9. The molecule has 0 unspecified atom stereocenters. The van der Waals surface area contributed by atoms with Gasteiger partial charge in [-0.05, 0) is 25.3 Å². The molecule has 0 aliphatic carbocycles. The summed E-state index contributed by atoms with van der Waals surface area (Å²) in [5.41, 5.74) is 0.439. The number of aromatic nitrogens is 3. The Bertz CT molecular complexity index is 667. The number of rotatable bonds is 3. The number of aryl methyl sites for hydroxylation is 1. The van der Waals surface area contributed by atoms with Crippen LogP contribution >= 0.6 is 0 Å². The topological polar surface area (TPSA) is 59.6 Å². The molecule has 0 aromatic carbocycles. The largest absolute Gasteiger partial charge is 0.343 e. The van der Waals surface area contributed by atoms with Gasteiger partial charge in [0.25, 0.3) is 5.56 Å². The number of piperidine rings is 1. The lowest BCUT2D eigenvalue weighted by Crippen LogP contribution is -2.36. The van der Waals surface area contributed by atoms with Crippen molar-refractivity contribution in [2.75, 3.05) is 13.1 Å². The van der Waals surface area contributed by atoms with Crippen LogP contribution in [0.15, 0.2) is 29.5 Å². The summed E-state index contributed by atoms with van der Waals surface area (Å²) in [7, 11) is 0. The van der Waals surface area contributed by atoms with Crippen LogP contribution in [0.5, 0.6) is 0 Å². The van der Waals surface area contributed by atoms with Gasteiger partial charge in [-0.2, -0.15) is 5.10 Å². The molecule has 0 atom stereocenters. The maximum Gasteiger partial charge on any atom is 0.276 e. The minimum atomic E-state index is -0.101. The van der Waals surface area contributed by atoms with Crippen molar-refractivity contribution in [3.05, 3.63) is 35.0 Å². The molecule has 0 N–H and O–H groups in total. The molecular formula is C14H18N4O2. The molecule has 106 valence electrons. The van der Waals surface area contributed by atoms with Crippen LogP contribution in [0, 0.1) is 0 Å². The molecule has 1 saturated heterocycles. The van der Waals surface area contributed by atoms with Gasteiger partial charge in [-0.3, -0.25) is 9.59 Å². The number of fused-ring (bicyclic) bond motifs is 1. The monoisotopic (exact) mass is 274 g/mol. The highest BCUT2D eigenvalue weighted by atomic mass is 16.2. The summed E-state index contributed by atoms with van der Waals surface area (Å²) in [5, 5.41) is 4.02. The van der Waals surface area contributed by atoms with Crippen molar-refractivity contribution < 1.29 is 4.79 Å². The number of hydrogen-bond donors (Lipinski definition) is 0. The molecule has 1 fully saturated rings. The lowest BCUT2D eigenvalue weighted by atomic mass is 10.1. The maximum absolute atomic E-state index is 12.2. The molecule has 0 bridgehead atoms. The van der Waals surface area contributed by atoms with E-state index in [4.69, 9.17) is 0 Å². The molecule has 0 radical (unpaired) electrons. The number of hydrogen-bond acceptors (Lipinski definition) is 3. The number of carbonyl (C=O) groups is 1. The van der Waals surface area contributed by atoms with Crippen molar-refractivity contribution >= 4 is 11.4 Å². The second-order valence-electron chi connectivity index (χ2n) is 5.15. The van der Waals surface area contributed by atoms with Crippen LogP contribution in [0.2, 0.25) is 0 Å². The van der Waals surface area contributed by atoms with Crippen molar-refractivity contribution in [2.24, 2.45) is 0 Å². The molecule has 6 nitrogen and oxygen atoms in total. The van der Waals surface area contributed by atoms with E-state index in [1.54, 1.807) is 33.7 Å². The molecule has 3 heterocycles. The third kappa shape index (κ3) is 2.45.